The summed E-state index contributed by atoms with van der Waals surface area (Å²) in [6.45, 7) is 0.281. The minimum atomic E-state index is -0.0475. The third-order valence-electron chi connectivity index (χ3n) is 1.92. The molecule has 0 aliphatic heterocycles. The molecule has 1 N–H and O–H groups in total. The fourth-order valence-corrected chi connectivity index (χ4v) is 1.29. The Morgan fingerprint density at radius 3 is 3.21 bits per heavy atom. The van der Waals surface area contributed by atoms with Crippen LogP contribution in [-0.4, -0.2) is 34.2 Å². The van der Waals surface area contributed by atoms with Crippen molar-refractivity contribution in [1.82, 2.24) is 20.1 Å². The molecule has 0 radical (unpaired) electrons. The van der Waals surface area contributed by atoms with E-state index in [4.69, 9.17) is 0 Å². The van der Waals surface area contributed by atoms with Gasteiger partial charge in [0.15, 0.2) is 11.5 Å². The monoisotopic (exact) mass is 190 g/mol. The first-order valence-electron chi connectivity index (χ1n) is 4.31. The largest absolute Gasteiger partial charge is 0.313 e. The molecule has 14 heavy (non-hydrogen) atoms. The van der Waals surface area contributed by atoms with Gasteiger partial charge in [-0.05, 0) is 19.2 Å². The molecule has 2 heterocycles. The average Bonchev–Trinajstić information content (AvgIpc) is 2.61. The number of hydrogen-bond donors (Lipinski definition) is 1. The second-order valence-corrected chi connectivity index (χ2v) is 2.92. The lowest BCUT2D eigenvalue weighted by Gasteiger charge is -1.95. The van der Waals surface area contributed by atoms with Gasteiger partial charge < -0.3 is 5.32 Å². The van der Waals surface area contributed by atoms with Gasteiger partial charge in [-0.25, -0.2) is 4.52 Å². The molecule has 0 saturated carbocycles. The van der Waals surface area contributed by atoms with Gasteiger partial charge in [0.2, 0.25) is 0 Å². The summed E-state index contributed by atoms with van der Waals surface area (Å²) < 4.78 is 1.59. The molecule has 0 atom stereocenters. The Hall–Kier alpha value is -1.75. The minimum absolute atomic E-state index is 0.0475. The van der Waals surface area contributed by atoms with E-state index in [1.165, 1.54) is 0 Å². The lowest BCUT2D eigenvalue weighted by atomic mass is 10.2. The Bertz CT molecular complexity index is 463. The summed E-state index contributed by atoms with van der Waals surface area (Å²) in [5.41, 5.74) is 1.16. The summed E-state index contributed by atoms with van der Waals surface area (Å²) in [6.07, 6.45) is 1.76. The standard InChI is InChI=1S/C9H10N4O/c1-10-6-8(14)9-7-4-2-3-5-13(7)12-11-9/h2-5,10H,6H2,1H3. The molecule has 72 valence electrons. The van der Waals surface area contributed by atoms with E-state index < -0.39 is 0 Å². The van der Waals surface area contributed by atoms with Crippen LogP contribution in [0.15, 0.2) is 24.4 Å². The zero-order valence-electron chi connectivity index (χ0n) is 7.77. The van der Waals surface area contributed by atoms with Crippen LogP contribution in [0.3, 0.4) is 0 Å². The van der Waals surface area contributed by atoms with E-state index in [0.29, 0.717) is 5.69 Å². The Labute approximate surface area is 80.7 Å². The van der Waals surface area contributed by atoms with Crippen LogP contribution in [0.2, 0.25) is 0 Å². The maximum Gasteiger partial charge on any atom is 0.199 e. The first-order chi connectivity index (χ1) is 6.83. The molecule has 2 aromatic heterocycles. The molecule has 2 aromatic rings. The number of hydrogen-bond acceptors (Lipinski definition) is 4. The molecular weight excluding hydrogens is 180 g/mol. The molecule has 0 amide bonds. The van der Waals surface area contributed by atoms with Crippen molar-refractivity contribution in [3.63, 3.8) is 0 Å². The van der Waals surface area contributed by atoms with Crippen LogP contribution < -0.4 is 5.32 Å². The molecule has 0 bridgehead atoms. The highest BCUT2D eigenvalue weighted by Crippen LogP contribution is 2.06. The highest BCUT2D eigenvalue weighted by molar-refractivity contribution is 6.01. The van der Waals surface area contributed by atoms with Crippen LogP contribution in [-0.2, 0) is 0 Å². The van der Waals surface area contributed by atoms with Gasteiger partial charge in [0.05, 0.1) is 12.1 Å². The van der Waals surface area contributed by atoms with E-state index in [0.717, 1.165) is 5.52 Å². The van der Waals surface area contributed by atoms with E-state index in [9.17, 15) is 4.79 Å². The van der Waals surface area contributed by atoms with Gasteiger partial charge in [-0.15, -0.1) is 5.10 Å². The van der Waals surface area contributed by atoms with Gasteiger partial charge >= 0.3 is 0 Å². The third kappa shape index (κ3) is 1.38. The average molecular weight is 190 g/mol. The molecule has 0 aliphatic carbocycles. The number of aromatic nitrogens is 3. The highest BCUT2D eigenvalue weighted by atomic mass is 16.1. The number of likely N-dealkylation sites (N-methyl/N-ethyl adjacent to an activating group) is 1. The summed E-state index contributed by atoms with van der Waals surface area (Å²) in [5.74, 6) is -0.0475. The van der Waals surface area contributed by atoms with E-state index in [1.807, 2.05) is 18.2 Å². The third-order valence-corrected chi connectivity index (χ3v) is 1.92. The zero-order chi connectivity index (χ0) is 9.97. The van der Waals surface area contributed by atoms with Crippen molar-refractivity contribution in [2.24, 2.45) is 0 Å². The number of rotatable bonds is 3. The summed E-state index contributed by atoms with van der Waals surface area (Å²) in [7, 11) is 1.73. The molecule has 0 unspecified atom stereocenters. The first kappa shape index (κ1) is 8.83. The zero-order valence-corrected chi connectivity index (χ0v) is 7.77. The number of nitrogens with zero attached hydrogens (tertiary/aromatic N) is 3. The predicted molar refractivity (Wildman–Crippen MR) is 51.2 cm³/mol. The summed E-state index contributed by atoms with van der Waals surface area (Å²) in [6, 6.07) is 5.52. The molecule has 0 saturated heterocycles. The molecule has 0 spiro atoms. The van der Waals surface area contributed by atoms with Crippen molar-refractivity contribution in [1.29, 1.82) is 0 Å². The lowest BCUT2D eigenvalue weighted by molar-refractivity contribution is 0.0990. The van der Waals surface area contributed by atoms with E-state index in [2.05, 4.69) is 15.6 Å². The number of pyridine rings is 1. The van der Waals surface area contributed by atoms with Crippen LogP contribution in [0.4, 0.5) is 0 Å². The van der Waals surface area contributed by atoms with Gasteiger partial charge in [-0.2, -0.15) is 0 Å². The van der Waals surface area contributed by atoms with Crippen molar-refractivity contribution in [3.8, 4) is 0 Å². The summed E-state index contributed by atoms with van der Waals surface area (Å²) in [4.78, 5) is 11.5. The van der Waals surface area contributed by atoms with E-state index in [-0.39, 0.29) is 12.3 Å². The number of Topliss-reactive ketones (excluding diaryl/α,β-unsaturated/α-hetero) is 1. The SMILES string of the molecule is CNCC(=O)c1nnn2ccccc12. The number of fused-ring (bicyclic) bond motifs is 1. The molecular formula is C9H10N4O. The minimum Gasteiger partial charge on any atom is -0.313 e. The maximum atomic E-state index is 11.5. The second-order valence-electron chi connectivity index (χ2n) is 2.92. The van der Waals surface area contributed by atoms with Crippen LogP contribution in [0, 0.1) is 0 Å². The quantitative estimate of drug-likeness (QED) is 0.699. The molecule has 5 heteroatoms. The van der Waals surface area contributed by atoms with Crippen LogP contribution in [0.1, 0.15) is 10.5 Å². The smallest absolute Gasteiger partial charge is 0.199 e. The number of carbonyl (C=O) groups excluding carboxylic acids is 1. The normalized spacial score (nSPS) is 10.6. The summed E-state index contributed by atoms with van der Waals surface area (Å²) in [5, 5.41) is 10.5. The molecule has 0 aliphatic rings. The Morgan fingerprint density at radius 1 is 1.57 bits per heavy atom. The molecule has 5 nitrogen and oxygen atoms in total. The Kier molecular flexibility index (Phi) is 2.24. The fourth-order valence-electron chi connectivity index (χ4n) is 1.29. The fraction of sp³-hybridized carbons (Fsp3) is 0.222. The highest BCUT2D eigenvalue weighted by Gasteiger charge is 2.12. The lowest BCUT2D eigenvalue weighted by Crippen LogP contribution is -2.19. The van der Waals surface area contributed by atoms with Gasteiger partial charge in [0.1, 0.15) is 0 Å². The van der Waals surface area contributed by atoms with Crippen molar-refractivity contribution in [2.45, 2.75) is 0 Å². The number of carbonyl (C=O) groups is 1. The van der Waals surface area contributed by atoms with Crippen molar-refractivity contribution < 1.29 is 4.79 Å². The topological polar surface area (TPSA) is 59.3 Å². The van der Waals surface area contributed by atoms with Gasteiger partial charge in [0.25, 0.3) is 0 Å². The first-order valence-corrected chi connectivity index (χ1v) is 4.31. The Morgan fingerprint density at radius 2 is 2.43 bits per heavy atom. The molecule has 2 rings (SSSR count). The van der Waals surface area contributed by atoms with E-state index >= 15 is 0 Å². The van der Waals surface area contributed by atoms with Crippen molar-refractivity contribution in [3.05, 3.63) is 30.1 Å². The predicted octanol–water partition coefficient (Wildman–Crippen LogP) is 0.131. The maximum absolute atomic E-state index is 11.5. The van der Waals surface area contributed by atoms with E-state index in [1.54, 1.807) is 17.8 Å². The number of ketones is 1. The van der Waals surface area contributed by atoms with Gasteiger partial charge in [-0.1, -0.05) is 11.3 Å². The van der Waals surface area contributed by atoms with Crippen molar-refractivity contribution >= 4 is 11.3 Å². The van der Waals surface area contributed by atoms with Crippen LogP contribution in [0.25, 0.3) is 5.52 Å². The molecule has 0 aromatic carbocycles. The number of nitrogens with one attached hydrogen (secondary N) is 1. The van der Waals surface area contributed by atoms with Crippen LogP contribution >= 0.6 is 0 Å². The second kappa shape index (κ2) is 3.55. The van der Waals surface area contributed by atoms with Gasteiger partial charge in [-0.3, -0.25) is 4.79 Å². The van der Waals surface area contributed by atoms with Crippen molar-refractivity contribution in [2.75, 3.05) is 13.6 Å². The Balaban J connectivity index is 2.47. The summed E-state index contributed by atoms with van der Waals surface area (Å²) >= 11 is 0. The molecule has 0 fully saturated rings. The van der Waals surface area contributed by atoms with Gasteiger partial charge in [0, 0.05) is 6.20 Å². The van der Waals surface area contributed by atoms with Crippen LogP contribution in [0.5, 0.6) is 0 Å².